The molecule has 0 heterocycles. The van der Waals surface area contributed by atoms with Crippen LogP contribution in [0.15, 0.2) is 4.99 Å². The van der Waals surface area contributed by atoms with Crippen molar-refractivity contribution < 1.29 is 13.6 Å². The zero-order chi connectivity index (χ0) is 8.85. The summed E-state index contributed by atoms with van der Waals surface area (Å²) in [6.45, 7) is 3.60. The molecule has 0 bridgehead atoms. The number of hydrogen-bond acceptors (Lipinski definition) is 2. The van der Waals surface area contributed by atoms with Gasteiger partial charge in [-0.1, -0.05) is 13.8 Å². The van der Waals surface area contributed by atoms with Gasteiger partial charge in [0.05, 0.1) is 0 Å². The summed E-state index contributed by atoms with van der Waals surface area (Å²) in [5.74, 6) is 0.117. The fourth-order valence-corrected chi connectivity index (χ4v) is 0.763. The van der Waals surface area contributed by atoms with Gasteiger partial charge >= 0.3 is 0 Å². The Kier molecular flexibility index (Phi) is 4.62. The van der Waals surface area contributed by atoms with Crippen LogP contribution in [0.1, 0.15) is 20.3 Å². The molecule has 0 aliphatic heterocycles. The molecule has 4 heteroatoms. The first kappa shape index (κ1) is 10.2. The van der Waals surface area contributed by atoms with Gasteiger partial charge in [-0.05, 0) is 12.3 Å². The number of halogens is 2. The van der Waals surface area contributed by atoms with E-state index < -0.39 is 12.5 Å². The molecule has 0 N–H and O–H groups in total. The van der Waals surface area contributed by atoms with E-state index >= 15 is 0 Å². The molecule has 0 aromatic heterocycles. The van der Waals surface area contributed by atoms with Crippen molar-refractivity contribution in [3.05, 3.63) is 0 Å². The van der Waals surface area contributed by atoms with Crippen LogP contribution in [0, 0.1) is 5.92 Å². The highest BCUT2D eigenvalue weighted by Gasteiger charge is 2.20. The van der Waals surface area contributed by atoms with E-state index in [-0.39, 0.29) is 12.3 Å². The lowest BCUT2D eigenvalue weighted by Crippen LogP contribution is -2.17. The number of nitrogens with zero attached hydrogens (tertiary/aromatic N) is 1. The molecule has 0 aliphatic carbocycles. The van der Waals surface area contributed by atoms with Crippen LogP contribution in [0.4, 0.5) is 8.78 Å². The first-order valence-electron chi connectivity index (χ1n) is 3.43. The average Bonchev–Trinajstić information content (AvgIpc) is 1.86. The molecule has 0 saturated carbocycles. The van der Waals surface area contributed by atoms with Crippen LogP contribution < -0.4 is 0 Å². The van der Waals surface area contributed by atoms with Gasteiger partial charge in [0.15, 0.2) is 0 Å². The Morgan fingerprint density at radius 3 is 2.27 bits per heavy atom. The molecule has 1 atom stereocenters. The minimum absolute atomic E-state index is 0.117. The van der Waals surface area contributed by atoms with E-state index in [0.29, 0.717) is 0 Å². The van der Waals surface area contributed by atoms with E-state index in [1.807, 2.05) is 0 Å². The van der Waals surface area contributed by atoms with Crippen LogP contribution in [0.5, 0.6) is 0 Å². The normalized spacial score (nSPS) is 13.3. The Hall–Kier alpha value is -0.760. The smallest absolute Gasteiger partial charge is 0.211 e. The minimum Gasteiger partial charge on any atom is -0.211 e. The van der Waals surface area contributed by atoms with Crippen LogP contribution >= 0.6 is 0 Å². The van der Waals surface area contributed by atoms with Crippen LogP contribution in [0.2, 0.25) is 0 Å². The molecular weight excluding hydrogens is 152 g/mol. The number of hydrogen-bond donors (Lipinski definition) is 0. The number of carbonyl (C=O) groups excluding carboxylic acids is 1. The third kappa shape index (κ3) is 4.62. The van der Waals surface area contributed by atoms with Gasteiger partial charge in [0.1, 0.15) is 6.04 Å². The summed E-state index contributed by atoms with van der Waals surface area (Å²) in [6, 6.07) is -1.17. The van der Waals surface area contributed by atoms with Crippen LogP contribution in [0.3, 0.4) is 0 Å². The first-order valence-corrected chi connectivity index (χ1v) is 3.43. The number of alkyl halides is 2. The van der Waals surface area contributed by atoms with E-state index in [9.17, 15) is 13.6 Å². The van der Waals surface area contributed by atoms with Gasteiger partial charge in [-0.3, -0.25) is 0 Å². The van der Waals surface area contributed by atoms with Crippen molar-refractivity contribution >= 4 is 6.08 Å². The lowest BCUT2D eigenvalue weighted by Gasteiger charge is -2.10. The number of aliphatic imine (C=N–C) groups is 1. The van der Waals surface area contributed by atoms with Gasteiger partial charge in [0, 0.05) is 0 Å². The predicted molar refractivity (Wildman–Crippen MR) is 37.4 cm³/mol. The summed E-state index contributed by atoms with van der Waals surface area (Å²) < 4.78 is 23.9. The zero-order valence-corrected chi connectivity index (χ0v) is 6.55. The molecule has 2 nitrogen and oxygen atoms in total. The Morgan fingerprint density at radius 2 is 2.00 bits per heavy atom. The number of isocyanates is 1. The van der Waals surface area contributed by atoms with Crippen molar-refractivity contribution in [2.75, 3.05) is 0 Å². The highest BCUT2D eigenvalue weighted by Crippen LogP contribution is 2.14. The summed E-state index contributed by atoms with van der Waals surface area (Å²) >= 11 is 0. The molecule has 1 unspecified atom stereocenters. The maximum absolute atomic E-state index is 12.0. The molecule has 0 aromatic rings. The molecule has 0 aromatic carbocycles. The predicted octanol–water partition coefficient (Wildman–Crippen LogP) is 2.00. The van der Waals surface area contributed by atoms with E-state index in [0.717, 1.165) is 6.08 Å². The van der Waals surface area contributed by atoms with Crippen molar-refractivity contribution in [1.82, 2.24) is 0 Å². The van der Waals surface area contributed by atoms with Crippen molar-refractivity contribution in [1.29, 1.82) is 0 Å². The van der Waals surface area contributed by atoms with Gasteiger partial charge in [-0.2, -0.15) is 4.99 Å². The maximum Gasteiger partial charge on any atom is 0.261 e. The molecule has 11 heavy (non-hydrogen) atoms. The molecule has 0 saturated heterocycles. The van der Waals surface area contributed by atoms with Crippen LogP contribution in [0.25, 0.3) is 0 Å². The van der Waals surface area contributed by atoms with Gasteiger partial charge < -0.3 is 0 Å². The molecule has 0 rings (SSSR count). The second kappa shape index (κ2) is 4.97. The molecule has 0 fully saturated rings. The summed E-state index contributed by atoms with van der Waals surface area (Å²) in [4.78, 5) is 12.7. The molecule has 0 aliphatic rings. The molecular formula is C7H11F2NO. The third-order valence-electron chi connectivity index (χ3n) is 1.22. The largest absolute Gasteiger partial charge is 0.261 e. The average molecular weight is 163 g/mol. The van der Waals surface area contributed by atoms with E-state index in [1.54, 1.807) is 13.8 Å². The monoisotopic (exact) mass is 163 g/mol. The van der Waals surface area contributed by atoms with Crippen molar-refractivity contribution in [2.45, 2.75) is 32.7 Å². The van der Waals surface area contributed by atoms with E-state index in [4.69, 9.17) is 0 Å². The summed E-state index contributed by atoms with van der Waals surface area (Å²) in [6.07, 6.45) is -1.18. The molecule has 0 radical (unpaired) electrons. The van der Waals surface area contributed by atoms with E-state index in [1.165, 1.54) is 0 Å². The highest BCUT2D eigenvalue weighted by molar-refractivity contribution is 5.33. The maximum atomic E-state index is 12.0. The van der Waals surface area contributed by atoms with Gasteiger partial charge in [-0.25, -0.2) is 13.6 Å². The van der Waals surface area contributed by atoms with Crippen LogP contribution in [-0.4, -0.2) is 18.5 Å². The fourth-order valence-electron chi connectivity index (χ4n) is 0.763. The highest BCUT2D eigenvalue weighted by atomic mass is 19.3. The lowest BCUT2D eigenvalue weighted by atomic mass is 10.1. The third-order valence-corrected chi connectivity index (χ3v) is 1.22. The quantitative estimate of drug-likeness (QED) is 0.460. The Labute approximate surface area is 64.3 Å². The SMILES string of the molecule is CC(C)CC(N=C=O)C(F)F. The van der Waals surface area contributed by atoms with Crippen molar-refractivity contribution in [3.8, 4) is 0 Å². The Morgan fingerprint density at radius 1 is 1.45 bits per heavy atom. The van der Waals surface area contributed by atoms with Gasteiger partial charge in [0.2, 0.25) is 6.08 Å². The van der Waals surface area contributed by atoms with Crippen molar-refractivity contribution in [3.63, 3.8) is 0 Å². The van der Waals surface area contributed by atoms with Crippen molar-refractivity contribution in [2.24, 2.45) is 10.9 Å². The fraction of sp³-hybridized carbons (Fsp3) is 0.857. The zero-order valence-electron chi connectivity index (χ0n) is 6.55. The summed E-state index contributed by atoms with van der Waals surface area (Å²) in [7, 11) is 0. The molecule has 64 valence electrons. The lowest BCUT2D eigenvalue weighted by molar-refractivity contribution is 0.107. The second-order valence-electron chi connectivity index (χ2n) is 2.75. The molecule has 0 spiro atoms. The summed E-state index contributed by atoms with van der Waals surface area (Å²) in [5.41, 5.74) is 0. The number of rotatable bonds is 4. The molecule has 0 amide bonds. The topological polar surface area (TPSA) is 29.4 Å². The van der Waals surface area contributed by atoms with Gasteiger partial charge in [0.25, 0.3) is 6.43 Å². The Balaban J connectivity index is 4.00. The summed E-state index contributed by atoms with van der Waals surface area (Å²) in [5, 5.41) is 0. The van der Waals surface area contributed by atoms with E-state index in [2.05, 4.69) is 4.99 Å². The second-order valence-corrected chi connectivity index (χ2v) is 2.75. The standard InChI is InChI=1S/C7H11F2NO/c1-5(2)3-6(7(8)9)10-4-11/h5-7H,3H2,1-2H3. The Bertz CT molecular complexity index is 153. The first-order chi connectivity index (χ1) is 5.07. The minimum atomic E-state index is -2.56. The van der Waals surface area contributed by atoms with Crippen LogP contribution in [-0.2, 0) is 4.79 Å². The van der Waals surface area contributed by atoms with Gasteiger partial charge in [-0.15, -0.1) is 0 Å².